The molecule has 1 saturated carbocycles. The number of nitrogens with zero attached hydrogens (tertiary/aromatic N) is 3. The maximum absolute atomic E-state index is 13.6. The number of amides is 1. The molecule has 5 aliphatic rings. The van der Waals surface area contributed by atoms with E-state index in [1.165, 1.54) is 0 Å². The van der Waals surface area contributed by atoms with Crippen molar-refractivity contribution < 1.29 is 43.5 Å². The minimum Gasteiger partial charge on any atom is -0.492 e. The molecule has 3 heterocycles. The Bertz CT molecular complexity index is 1410. The zero-order valence-electron chi connectivity index (χ0n) is 31.1. The van der Waals surface area contributed by atoms with Gasteiger partial charge in [0.25, 0.3) is 0 Å². The monoisotopic (exact) mass is 725 g/mol. The van der Waals surface area contributed by atoms with Gasteiger partial charge in [0, 0.05) is 64.2 Å². The Labute approximate surface area is 308 Å². The molecule has 0 spiro atoms. The van der Waals surface area contributed by atoms with Crippen molar-refractivity contribution in [2.45, 2.75) is 95.2 Å². The fourth-order valence-electron chi connectivity index (χ4n) is 8.67. The number of hydrogen-bond acceptors (Lipinski definition) is 11. The van der Waals surface area contributed by atoms with Gasteiger partial charge in [-0.05, 0) is 81.1 Å². The Hall–Kier alpha value is -3.16. The largest absolute Gasteiger partial charge is 0.492 e. The molecule has 7 unspecified atom stereocenters. The lowest BCUT2D eigenvalue weighted by Crippen LogP contribution is -2.69. The maximum Gasteiger partial charge on any atom is 0.409 e. The zero-order chi connectivity index (χ0) is 36.5. The summed E-state index contributed by atoms with van der Waals surface area (Å²) in [5, 5.41) is 24.5. The van der Waals surface area contributed by atoms with Gasteiger partial charge in [0.1, 0.15) is 24.1 Å². The first-order valence-corrected chi connectivity index (χ1v) is 19.5. The summed E-state index contributed by atoms with van der Waals surface area (Å²) in [6, 6.07) is 5.44. The number of aliphatic hydroxyl groups excluding tert-OH is 2. The zero-order valence-corrected chi connectivity index (χ0v) is 31.1. The highest BCUT2D eigenvalue weighted by Gasteiger charge is 2.65. The van der Waals surface area contributed by atoms with Crippen LogP contribution in [-0.2, 0) is 19.0 Å². The van der Waals surface area contributed by atoms with Gasteiger partial charge in [-0.25, -0.2) is 4.79 Å². The van der Waals surface area contributed by atoms with Crippen LogP contribution in [0.3, 0.4) is 0 Å². The molecule has 3 aliphatic heterocycles. The number of oxime groups is 1. The molecule has 0 aromatic heterocycles. The number of carbonyl (C=O) groups excluding carboxylic acids is 1. The van der Waals surface area contributed by atoms with E-state index in [2.05, 4.69) is 23.6 Å². The summed E-state index contributed by atoms with van der Waals surface area (Å²) in [4.78, 5) is 23.7. The molecule has 0 bridgehead atoms. The van der Waals surface area contributed by atoms with E-state index in [0.29, 0.717) is 38.2 Å². The molecule has 1 aromatic rings. The lowest BCUT2D eigenvalue weighted by atomic mass is 9.55. The first-order valence-electron chi connectivity index (χ1n) is 19.5. The Morgan fingerprint density at radius 3 is 2.67 bits per heavy atom. The van der Waals surface area contributed by atoms with Gasteiger partial charge in [-0.15, -0.1) is 6.58 Å². The molecular weight excluding hydrogens is 666 g/mol. The molecule has 3 fully saturated rings. The van der Waals surface area contributed by atoms with Crippen molar-refractivity contribution in [3.8, 4) is 11.5 Å². The van der Waals surface area contributed by atoms with Crippen LogP contribution in [0.5, 0.6) is 11.5 Å². The first kappa shape index (κ1) is 38.6. The quantitative estimate of drug-likeness (QED) is 0.0801. The van der Waals surface area contributed by atoms with Gasteiger partial charge in [0.05, 0.1) is 31.5 Å². The summed E-state index contributed by atoms with van der Waals surface area (Å²) in [6.45, 7) is 10.8. The Morgan fingerprint density at radius 1 is 1.15 bits per heavy atom. The summed E-state index contributed by atoms with van der Waals surface area (Å²) in [6.07, 6.45) is 11.1. The Morgan fingerprint density at radius 2 is 1.96 bits per heavy atom. The molecule has 52 heavy (non-hydrogen) atoms. The second-order valence-electron chi connectivity index (χ2n) is 14.7. The summed E-state index contributed by atoms with van der Waals surface area (Å²) < 4.78 is 31.9. The third-order valence-corrected chi connectivity index (χ3v) is 11.3. The van der Waals surface area contributed by atoms with Crippen LogP contribution in [-0.4, -0.2) is 116 Å². The van der Waals surface area contributed by atoms with Crippen molar-refractivity contribution >= 4 is 11.8 Å². The van der Waals surface area contributed by atoms with Crippen LogP contribution in [0.25, 0.3) is 0 Å². The SMILES string of the molecule is C=CCOC12Oc3ccc(OCCN4CC4)cc3C3C(CCCCO)C(CCCCO)C=C(C(=NOC4CCCCO4)CC1N(C)C(=O)OCC)C32. The second-order valence-corrected chi connectivity index (χ2v) is 14.7. The summed E-state index contributed by atoms with van der Waals surface area (Å²) in [5.74, 6) is -0.0483. The predicted octanol–water partition coefficient (Wildman–Crippen LogP) is 5.63. The van der Waals surface area contributed by atoms with E-state index in [1.807, 2.05) is 12.1 Å². The van der Waals surface area contributed by atoms with Crippen LogP contribution in [0, 0.1) is 17.8 Å². The van der Waals surface area contributed by atoms with Gasteiger partial charge < -0.3 is 43.6 Å². The molecule has 12 heteroatoms. The van der Waals surface area contributed by atoms with Crippen molar-refractivity contribution in [3.63, 3.8) is 0 Å². The van der Waals surface area contributed by atoms with Crippen molar-refractivity contribution in [1.29, 1.82) is 0 Å². The average molecular weight is 726 g/mol. The van der Waals surface area contributed by atoms with Gasteiger partial charge >= 0.3 is 6.09 Å². The number of allylic oxidation sites excluding steroid dienone is 1. The molecule has 2 N–H and O–H groups in total. The number of likely N-dealkylation sites (N-methyl/N-ethyl adjacent to an activating group) is 1. The lowest BCUT2D eigenvalue weighted by molar-refractivity contribution is -0.254. The van der Waals surface area contributed by atoms with Gasteiger partial charge in [-0.1, -0.05) is 30.1 Å². The molecule has 2 aliphatic carbocycles. The van der Waals surface area contributed by atoms with Gasteiger partial charge in [-0.2, -0.15) is 0 Å². The lowest BCUT2D eigenvalue weighted by Gasteiger charge is -2.59. The van der Waals surface area contributed by atoms with Crippen molar-refractivity contribution in [2.24, 2.45) is 22.9 Å². The highest BCUT2D eigenvalue weighted by molar-refractivity contribution is 6.02. The molecule has 1 amide bonds. The summed E-state index contributed by atoms with van der Waals surface area (Å²) >= 11 is 0. The minimum absolute atomic E-state index is 0.114. The number of ether oxygens (including phenoxy) is 5. The van der Waals surface area contributed by atoms with Crippen LogP contribution in [0.4, 0.5) is 4.79 Å². The Kier molecular flexibility index (Phi) is 13.5. The highest BCUT2D eigenvalue weighted by Crippen LogP contribution is 2.61. The number of fused-ring (bicyclic) bond motifs is 2. The van der Waals surface area contributed by atoms with E-state index >= 15 is 0 Å². The maximum atomic E-state index is 13.6. The smallest absolute Gasteiger partial charge is 0.409 e. The van der Waals surface area contributed by atoms with Crippen molar-refractivity contribution in [1.82, 2.24) is 9.80 Å². The number of carbonyl (C=O) groups is 1. The van der Waals surface area contributed by atoms with E-state index < -0.39 is 24.2 Å². The van der Waals surface area contributed by atoms with E-state index in [0.717, 1.165) is 87.2 Å². The normalized spacial score (nSPS) is 30.0. The van der Waals surface area contributed by atoms with E-state index in [1.54, 1.807) is 24.9 Å². The number of hydrogen-bond donors (Lipinski definition) is 2. The fourth-order valence-corrected chi connectivity index (χ4v) is 8.67. The van der Waals surface area contributed by atoms with E-state index in [4.69, 9.17) is 33.7 Å². The second kappa shape index (κ2) is 18.2. The third-order valence-electron chi connectivity index (χ3n) is 11.3. The molecule has 0 radical (unpaired) electrons. The molecule has 2 saturated heterocycles. The Balaban J connectivity index is 1.51. The van der Waals surface area contributed by atoms with Crippen LogP contribution >= 0.6 is 0 Å². The van der Waals surface area contributed by atoms with Crippen molar-refractivity contribution in [2.75, 3.05) is 66.3 Å². The highest BCUT2D eigenvalue weighted by atomic mass is 16.8. The van der Waals surface area contributed by atoms with Gasteiger partial charge in [0.2, 0.25) is 12.1 Å². The van der Waals surface area contributed by atoms with Gasteiger partial charge in [-0.3, -0.25) is 4.90 Å². The minimum atomic E-state index is -1.31. The van der Waals surface area contributed by atoms with Crippen LogP contribution in [0.15, 0.2) is 47.7 Å². The number of unbranched alkanes of at least 4 members (excludes halogenated alkanes) is 2. The number of rotatable bonds is 19. The van der Waals surface area contributed by atoms with E-state index in [-0.39, 0.29) is 50.1 Å². The molecule has 6 rings (SSSR count). The van der Waals surface area contributed by atoms with Crippen LogP contribution < -0.4 is 9.47 Å². The fraction of sp³-hybridized carbons (Fsp3) is 0.700. The average Bonchev–Trinajstić information content (AvgIpc) is 3.99. The molecule has 288 valence electrons. The molecule has 12 nitrogen and oxygen atoms in total. The van der Waals surface area contributed by atoms with Crippen LogP contribution in [0.2, 0.25) is 0 Å². The standard InChI is InChI=1S/C40H59N3O9/c1-4-22-50-40-35(42(3)39(46)47-5-2)27-33(41-52-36-14-8-11-23-49-36)31-25-28(12-6-9-20-44)30(13-7-10-21-45)37(38(31)40)32-26-29(15-16-34(32)51-40)48-24-19-43-17-18-43/h4,15-16,25-26,28,30,35-38,44-45H,1,5-14,17-24,27H2,2-3H3. The third kappa shape index (κ3) is 8.62. The van der Waals surface area contributed by atoms with Crippen LogP contribution in [0.1, 0.15) is 82.6 Å². The first-order chi connectivity index (χ1) is 25.4. The topological polar surface area (TPSA) is 132 Å². The summed E-state index contributed by atoms with van der Waals surface area (Å²) in [5.41, 5.74) is 2.76. The summed E-state index contributed by atoms with van der Waals surface area (Å²) in [7, 11) is 1.74. The number of benzene rings is 1. The number of aliphatic hydroxyl groups is 2. The molecule has 1 aromatic carbocycles. The molecular formula is C40H59N3O9. The predicted molar refractivity (Wildman–Crippen MR) is 196 cm³/mol. The molecule has 7 atom stereocenters. The van der Waals surface area contributed by atoms with Gasteiger partial charge in [0.15, 0.2) is 0 Å². The van der Waals surface area contributed by atoms with Crippen molar-refractivity contribution in [3.05, 3.63) is 48.1 Å². The van der Waals surface area contributed by atoms with E-state index in [9.17, 15) is 15.0 Å².